The van der Waals surface area contributed by atoms with E-state index in [0.717, 1.165) is 11.4 Å². The molecule has 2 aliphatic heterocycles. The number of carbonyl (C=O) groups excluding carboxylic acids is 2. The zero-order valence-corrected chi connectivity index (χ0v) is 15.7. The molecule has 152 valence electrons. The number of nitrogens with zero attached hydrogens (tertiary/aromatic N) is 2. The first kappa shape index (κ1) is 19.0. The normalized spacial score (nSPS) is 21.1. The highest BCUT2D eigenvalue weighted by molar-refractivity contribution is 5.77. The Labute approximate surface area is 168 Å². The van der Waals surface area contributed by atoms with Gasteiger partial charge in [0.1, 0.15) is 0 Å². The average Bonchev–Trinajstić information content (AvgIpc) is 3.39. The van der Waals surface area contributed by atoms with Gasteiger partial charge in [-0.1, -0.05) is 36.4 Å². The van der Waals surface area contributed by atoms with Gasteiger partial charge in [0.2, 0.25) is 0 Å². The maximum absolute atomic E-state index is 11.9. The molecule has 0 spiro atoms. The van der Waals surface area contributed by atoms with Gasteiger partial charge in [-0.3, -0.25) is 0 Å². The predicted molar refractivity (Wildman–Crippen MR) is 105 cm³/mol. The van der Waals surface area contributed by atoms with Crippen LogP contribution in [0, 0.1) is 0 Å². The number of anilines is 2. The average molecular weight is 398 g/mol. The van der Waals surface area contributed by atoms with E-state index in [1.807, 2.05) is 70.7 Å². The molecule has 2 fully saturated rings. The van der Waals surface area contributed by atoms with Crippen LogP contribution in [0.4, 0.5) is 21.0 Å². The Morgan fingerprint density at radius 2 is 1.14 bits per heavy atom. The fraction of sp³-hybridized carbons (Fsp3) is 0.300. The SMILES string of the molecule is O=C(OC(=O)OC1CCN(c2ccccc2)N1)OC1CCN(c2ccccc2)N1. The second-order valence-corrected chi connectivity index (χ2v) is 6.62. The fourth-order valence-electron chi connectivity index (χ4n) is 3.24. The lowest BCUT2D eigenvalue weighted by molar-refractivity contribution is -0.00318. The maximum atomic E-state index is 11.9. The molecule has 2 aromatic carbocycles. The van der Waals surface area contributed by atoms with Gasteiger partial charge in [-0.2, -0.15) is 10.9 Å². The zero-order valence-electron chi connectivity index (χ0n) is 15.7. The summed E-state index contributed by atoms with van der Waals surface area (Å²) < 4.78 is 14.9. The van der Waals surface area contributed by atoms with Gasteiger partial charge in [-0.15, -0.1) is 0 Å². The first-order valence-electron chi connectivity index (χ1n) is 9.44. The molecule has 2 unspecified atom stereocenters. The molecular formula is C20H22N4O5. The van der Waals surface area contributed by atoms with Gasteiger partial charge in [0.15, 0.2) is 12.5 Å². The third-order valence-electron chi connectivity index (χ3n) is 4.61. The topological polar surface area (TPSA) is 92.4 Å². The quantitative estimate of drug-likeness (QED) is 0.596. The van der Waals surface area contributed by atoms with Crippen LogP contribution in [0.25, 0.3) is 0 Å². The van der Waals surface area contributed by atoms with E-state index in [2.05, 4.69) is 15.6 Å². The summed E-state index contributed by atoms with van der Waals surface area (Å²) in [6.45, 7) is 1.32. The van der Waals surface area contributed by atoms with Crippen molar-refractivity contribution < 1.29 is 23.8 Å². The van der Waals surface area contributed by atoms with Crippen molar-refractivity contribution in [2.75, 3.05) is 23.1 Å². The molecule has 0 saturated carbocycles. The van der Waals surface area contributed by atoms with Gasteiger partial charge >= 0.3 is 12.3 Å². The van der Waals surface area contributed by atoms with Crippen molar-refractivity contribution in [2.24, 2.45) is 0 Å². The zero-order chi connectivity index (χ0) is 20.1. The Morgan fingerprint density at radius 3 is 1.55 bits per heavy atom. The van der Waals surface area contributed by atoms with Gasteiger partial charge < -0.3 is 24.2 Å². The van der Waals surface area contributed by atoms with Crippen molar-refractivity contribution >= 4 is 23.7 Å². The fourth-order valence-corrected chi connectivity index (χ4v) is 3.24. The Morgan fingerprint density at radius 1 is 0.724 bits per heavy atom. The molecule has 2 N–H and O–H groups in total. The Bertz CT molecular complexity index is 766. The van der Waals surface area contributed by atoms with E-state index in [0.29, 0.717) is 25.9 Å². The highest BCUT2D eigenvalue weighted by Crippen LogP contribution is 2.19. The van der Waals surface area contributed by atoms with Crippen molar-refractivity contribution in [1.29, 1.82) is 0 Å². The van der Waals surface area contributed by atoms with Crippen molar-refractivity contribution in [2.45, 2.75) is 25.3 Å². The number of hydrogen-bond donors (Lipinski definition) is 2. The molecule has 0 radical (unpaired) electrons. The van der Waals surface area contributed by atoms with Crippen LogP contribution in [0.3, 0.4) is 0 Å². The highest BCUT2D eigenvalue weighted by Gasteiger charge is 2.29. The van der Waals surface area contributed by atoms with Gasteiger partial charge in [-0.05, 0) is 24.3 Å². The number of hydrogen-bond acceptors (Lipinski definition) is 9. The van der Waals surface area contributed by atoms with E-state index in [4.69, 9.17) is 9.47 Å². The van der Waals surface area contributed by atoms with E-state index < -0.39 is 24.8 Å². The summed E-state index contributed by atoms with van der Waals surface area (Å²) in [5, 5.41) is 3.74. The minimum Gasteiger partial charge on any atom is -0.413 e. The summed E-state index contributed by atoms with van der Waals surface area (Å²) in [5.74, 6) is 0. The third kappa shape index (κ3) is 4.95. The maximum Gasteiger partial charge on any atom is 0.520 e. The first-order chi connectivity index (χ1) is 14.2. The van der Waals surface area contributed by atoms with Crippen LogP contribution >= 0.6 is 0 Å². The summed E-state index contributed by atoms with van der Waals surface area (Å²) in [6.07, 6.45) is -2.21. The molecule has 9 heteroatoms. The molecule has 4 rings (SSSR count). The summed E-state index contributed by atoms with van der Waals surface area (Å²) in [6, 6.07) is 19.3. The number of ether oxygens (including phenoxy) is 3. The van der Waals surface area contributed by atoms with Crippen LogP contribution in [0.1, 0.15) is 12.8 Å². The Kier molecular flexibility index (Phi) is 5.78. The van der Waals surface area contributed by atoms with E-state index in [-0.39, 0.29) is 0 Å². The number of para-hydroxylation sites is 2. The molecule has 2 aromatic rings. The van der Waals surface area contributed by atoms with E-state index in [1.54, 1.807) is 0 Å². The molecule has 2 saturated heterocycles. The number of carbonyl (C=O) groups is 2. The van der Waals surface area contributed by atoms with Gasteiger partial charge in [0.25, 0.3) is 0 Å². The predicted octanol–water partition coefficient (Wildman–Crippen LogP) is 2.76. The largest absolute Gasteiger partial charge is 0.520 e. The standard InChI is InChI=1S/C20H22N4O5/c25-19(27-17-11-13-23(21-17)15-7-3-1-4-8-15)29-20(26)28-18-12-14-24(22-18)16-9-5-2-6-10-16/h1-10,17-18,21-22H,11-14H2. The summed E-state index contributed by atoms with van der Waals surface area (Å²) in [7, 11) is 0. The highest BCUT2D eigenvalue weighted by atomic mass is 16.8. The molecule has 2 atom stereocenters. The van der Waals surface area contributed by atoms with Crippen molar-refractivity contribution in [1.82, 2.24) is 10.9 Å². The van der Waals surface area contributed by atoms with Gasteiger partial charge in [-0.25, -0.2) is 9.59 Å². The first-order valence-corrected chi connectivity index (χ1v) is 9.44. The number of benzene rings is 2. The van der Waals surface area contributed by atoms with Crippen molar-refractivity contribution in [3.8, 4) is 0 Å². The van der Waals surface area contributed by atoms with Gasteiger partial charge in [0, 0.05) is 25.9 Å². The molecule has 9 nitrogen and oxygen atoms in total. The van der Waals surface area contributed by atoms with Crippen LogP contribution in [0.5, 0.6) is 0 Å². The molecule has 2 aliphatic rings. The Balaban J connectivity index is 1.19. The lowest BCUT2D eigenvalue weighted by Crippen LogP contribution is -2.39. The minimum atomic E-state index is -1.10. The van der Waals surface area contributed by atoms with Crippen molar-refractivity contribution in [3.63, 3.8) is 0 Å². The number of hydrazine groups is 2. The Hall–Kier alpha value is -3.30. The molecule has 0 amide bonds. The van der Waals surface area contributed by atoms with Crippen LogP contribution < -0.4 is 20.9 Å². The number of rotatable bonds is 4. The summed E-state index contributed by atoms with van der Waals surface area (Å²) in [5.41, 5.74) is 8.01. The van der Waals surface area contributed by atoms with Crippen LogP contribution in [-0.2, 0) is 14.2 Å². The van der Waals surface area contributed by atoms with Crippen molar-refractivity contribution in [3.05, 3.63) is 60.7 Å². The smallest absolute Gasteiger partial charge is 0.413 e. The number of nitrogens with one attached hydrogen (secondary N) is 2. The molecule has 0 bridgehead atoms. The van der Waals surface area contributed by atoms with Crippen LogP contribution in [0.15, 0.2) is 60.7 Å². The van der Waals surface area contributed by atoms with Crippen LogP contribution in [-0.4, -0.2) is 37.9 Å². The molecule has 0 aliphatic carbocycles. The molecule has 0 aromatic heterocycles. The second-order valence-electron chi connectivity index (χ2n) is 6.62. The lowest BCUT2D eigenvalue weighted by atomic mass is 10.3. The van der Waals surface area contributed by atoms with Crippen LogP contribution in [0.2, 0.25) is 0 Å². The summed E-state index contributed by atoms with van der Waals surface area (Å²) >= 11 is 0. The lowest BCUT2D eigenvalue weighted by Gasteiger charge is -2.20. The molecule has 29 heavy (non-hydrogen) atoms. The van der Waals surface area contributed by atoms with E-state index in [9.17, 15) is 9.59 Å². The minimum absolute atomic E-state index is 0.565. The van der Waals surface area contributed by atoms with E-state index >= 15 is 0 Å². The molecule has 2 heterocycles. The monoisotopic (exact) mass is 398 g/mol. The molecular weight excluding hydrogens is 376 g/mol. The summed E-state index contributed by atoms with van der Waals surface area (Å²) in [4.78, 5) is 23.8. The van der Waals surface area contributed by atoms with Gasteiger partial charge in [0.05, 0.1) is 11.4 Å². The second kappa shape index (κ2) is 8.80. The van der Waals surface area contributed by atoms with E-state index in [1.165, 1.54) is 0 Å². The third-order valence-corrected chi connectivity index (χ3v) is 4.61.